The van der Waals surface area contributed by atoms with E-state index in [2.05, 4.69) is 53.0 Å². The molecular formula is C11H17BrN2. The molecule has 0 heterocycles. The van der Waals surface area contributed by atoms with Gasteiger partial charge in [0.15, 0.2) is 0 Å². The molecule has 0 aliphatic rings. The maximum atomic E-state index is 5.53. The first kappa shape index (κ1) is 11.7. The number of nitrogens with two attached hydrogens (primary N) is 1. The van der Waals surface area contributed by atoms with Gasteiger partial charge in [0.05, 0.1) is 0 Å². The molecule has 2 N–H and O–H groups in total. The number of halogens is 1. The Kier molecular flexibility index (Phi) is 4.58. The third-order valence-corrected chi connectivity index (χ3v) is 3.22. The summed E-state index contributed by atoms with van der Waals surface area (Å²) in [6.07, 6.45) is 0. The van der Waals surface area contributed by atoms with Gasteiger partial charge in [0.1, 0.15) is 0 Å². The first-order valence-corrected chi connectivity index (χ1v) is 5.61. The molecule has 1 aromatic rings. The fourth-order valence-corrected chi connectivity index (χ4v) is 2.06. The molecule has 14 heavy (non-hydrogen) atoms. The van der Waals surface area contributed by atoms with Crippen LogP contribution >= 0.6 is 15.9 Å². The molecule has 0 spiro atoms. The molecule has 0 aliphatic heterocycles. The monoisotopic (exact) mass is 256 g/mol. The van der Waals surface area contributed by atoms with Gasteiger partial charge in [-0.25, -0.2) is 0 Å². The van der Waals surface area contributed by atoms with Crippen molar-refractivity contribution in [2.75, 3.05) is 20.1 Å². The lowest BCUT2D eigenvalue weighted by Crippen LogP contribution is -2.28. The van der Waals surface area contributed by atoms with Gasteiger partial charge in [0, 0.05) is 23.6 Å². The second-order valence-electron chi connectivity index (χ2n) is 3.47. The second kappa shape index (κ2) is 5.49. The van der Waals surface area contributed by atoms with Crippen LogP contribution in [0.25, 0.3) is 0 Å². The summed E-state index contributed by atoms with van der Waals surface area (Å²) < 4.78 is 1.16. The van der Waals surface area contributed by atoms with E-state index < -0.39 is 0 Å². The number of hydrogen-bond acceptors (Lipinski definition) is 2. The summed E-state index contributed by atoms with van der Waals surface area (Å²) in [5.74, 6) is 0. The Hall–Kier alpha value is -0.380. The van der Waals surface area contributed by atoms with Gasteiger partial charge < -0.3 is 5.73 Å². The minimum atomic E-state index is 0.397. The zero-order valence-corrected chi connectivity index (χ0v) is 10.3. The molecular weight excluding hydrogens is 240 g/mol. The number of nitrogens with zero attached hydrogens (tertiary/aromatic N) is 1. The molecule has 1 rings (SSSR count). The lowest BCUT2D eigenvalue weighted by Gasteiger charge is -2.25. The summed E-state index contributed by atoms with van der Waals surface area (Å²) in [6.45, 7) is 3.81. The van der Waals surface area contributed by atoms with Crippen molar-refractivity contribution in [3.8, 4) is 0 Å². The van der Waals surface area contributed by atoms with Crippen LogP contribution in [0.1, 0.15) is 18.5 Å². The zero-order chi connectivity index (χ0) is 10.6. The van der Waals surface area contributed by atoms with Crippen LogP contribution in [0.15, 0.2) is 28.7 Å². The first-order chi connectivity index (χ1) is 6.66. The standard InChI is InChI=1S/C11H17BrN2/c1-9(14(2)8-7-13)10-5-3-4-6-11(10)12/h3-6,9H,7-8,13H2,1-2H3. The van der Waals surface area contributed by atoms with Crippen molar-refractivity contribution < 1.29 is 0 Å². The minimum absolute atomic E-state index is 0.397. The van der Waals surface area contributed by atoms with Crippen LogP contribution in [0, 0.1) is 0 Å². The topological polar surface area (TPSA) is 29.3 Å². The first-order valence-electron chi connectivity index (χ1n) is 4.81. The number of rotatable bonds is 4. The zero-order valence-electron chi connectivity index (χ0n) is 8.70. The van der Waals surface area contributed by atoms with E-state index in [0.717, 1.165) is 11.0 Å². The van der Waals surface area contributed by atoms with Gasteiger partial charge in [-0.1, -0.05) is 34.1 Å². The molecule has 0 fully saturated rings. The molecule has 0 saturated carbocycles. The average Bonchev–Trinajstić information content (AvgIpc) is 2.18. The van der Waals surface area contributed by atoms with Gasteiger partial charge >= 0.3 is 0 Å². The fourth-order valence-electron chi connectivity index (χ4n) is 1.45. The summed E-state index contributed by atoms with van der Waals surface area (Å²) in [5.41, 5.74) is 6.84. The van der Waals surface area contributed by atoms with E-state index in [9.17, 15) is 0 Å². The van der Waals surface area contributed by atoms with E-state index in [1.54, 1.807) is 0 Å². The molecule has 0 radical (unpaired) electrons. The summed E-state index contributed by atoms with van der Waals surface area (Å²) in [4.78, 5) is 2.25. The van der Waals surface area contributed by atoms with Gasteiger partial charge in [0.25, 0.3) is 0 Å². The van der Waals surface area contributed by atoms with Gasteiger partial charge in [-0.05, 0) is 25.6 Å². The van der Waals surface area contributed by atoms with Crippen LogP contribution < -0.4 is 5.73 Å². The Balaban J connectivity index is 2.78. The lowest BCUT2D eigenvalue weighted by molar-refractivity contribution is 0.268. The molecule has 0 aliphatic carbocycles. The van der Waals surface area contributed by atoms with Crippen molar-refractivity contribution in [1.82, 2.24) is 4.90 Å². The van der Waals surface area contributed by atoms with Crippen molar-refractivity contribution in [2.24, 2.45) is 5.73 Å². The summed E-state index contributed by atoms with van der Waals surface area (Å²) >= 11 is 3.56. The largest absolute Gasteiger partial charge is 0.329 e. The predicted molar refractivity (Wildman–Crippen MR) is 64.2 cm³/mol. The van der Waals surface area contributed by atoms with E-state index in [0.29, 0.717) is 12.6 Å². The third-order valence-electron chi connectivity index (χ3n) is 2.50. The van der Waals surface area contributed by atoms with Crippen LogP contribution in [-0.4, -0.2) is 25.0 Å². The summed E-state index contributed by atoms with van der Waals surface area (Å²) in [7, 11) is 2.09. The van der Waals surface area contributed by atoms with E-state index >= 15 is 0 Å². The predicted octanol–water partition coefficient (Wildman–Crippen LogP) is 2.40. The van der Waals surface area contributed by atoms with E-state index in [4.69, 9.17) is 5.73 Å². The molecule has 0 bridgehead atoms. The maximum Gasteiger partial charge on any atom is 0.0328 e. The van der Waals surface area contributed by atoms with Crippen molar-refractivity contribution >= 4 is 15.9 Å². The summed E-state index contributed by atoms with van der Waals surface area (Å²) in [5, 5.41) is 0. The van der Waals surface area contributed by atoms with Crippen LogP contribution in [0.3, 0.4) is 0 Å². The van der Waals surface area contributed by atoms with E-state index in [1.165, 1.54) is 5.56 Å². The highest BCUT2D eigenvalue weighted by Gasteiger charge is 2.12. The van der Waals surface area contributed by atoms with E-state index in [-0.39, 0.29) is 0 Å². The van der Waals surface area contributed by atoms with E-state index in [1.807, 2.05) is 6.07 Å². The molecule has 1 unspecified atom stereocenters. The molecule has 3 heteroatoms. The van der Waals surface area contributed by atoms with Crippen LogP contribution in [0.2, 0.25) is 0 Å². The number of benzene rings is 1. The maximum absolute atomic E-state index is 5.53. The molecule has 0 aromatic heterocycles. The summed E-state index contributed by atoms with van der Waals surface area (Å²) in [6, 6.07) is 8.70. The Labute approximate surface area is 94.2 Å². The Morgan fingerprint density at radius 1 is 1.43 bits per heavy atom. The molecule has 1 aromatic carbocycles. The number of likely N-dealkylation sites (N-methyl/N-ethyl adjacent to an activating group) is 1. The van der Waals surface area contributed by atoms with Crippen molar-refractivity contribution in [1.29, 1.82) is 0 Å². The normalized spacial score (nSPS) is 13.2. The molecule has 1 atom stereocenters. The highest BCUT2D eigenvalue weighted by molar-refractivity contribution is 9.10. The quantitative estimate of drug-likeness (QED) is 0.897. The highest BCUT2D eigenvalue weighted by Crippen LogP contribution is 2.25. The van der Waals surface area contributed by atoms with Gasteiger partial charge in [-0.3, -0.25) is 4.90 Å². The van der Waals surface area contributed by atoms with Crippen LogP contribution in [-0.2, 0) is 0 Å². The SMILES string of the molecule is CC(c1ccccc1Br)N(C)CCN. The van der Waals surface area contributed by atoms with Crippen molar-refractivity contribution in [3.05, 3.63) is 34.3 Å². The highest BCUT2D eigenvalue weighted by atomic mass is 79.9. The van der Waals surface area contributed by atoms with Gasteiger partial charge in [0.2, 0.25) is 0 Å². The van der Waals surface area contributed by atoms with Crippen LogP contribution in [0.4, 0.5) is 0 Å². The second-order valence-corrected chi connectivity index (χ2v) is 4.32. The Morgan fingerprint density at radius 2 is 2.07 bits per heavy atom. The Bertz CT molecular complexity index is 288. The fraction of sp³-hybridized carbons (Fsp3) is 0.455. The average molecular weight is 257 g/mol. The van der Waals surface area contributed by atoms with Crippen LogP contribution in [0.5, 0.6) is 0 Å². The smallest absolute Gasteiger partial charge is 0.0328 e. The molecule has 0 amide bonds. The molecule has 78 valence electrons. The molecule has 0 saturated heterocycles. The van der Waals surface area contributed by atoms with Crippen molar-refractivity contribution in [3.63, 3.8) is 0 Å². The minimum Gasteiger partial charge on any atom is -0.329 e. The lowest BCUT2D eigenvalue weighted by atomic mass is 10.1. The van der Waals surface area contributed by atoms with Crippen molar-refractivity contribution in [2.45, 2.75) is 13.0 Å². The van der Waals surface area contributed by atoms with Gasteiger partial charge in [-0.2, -0.15) is 0 Å². The molecule has 2 nitrogen and oxygen atoms in total. The number of hydrogen-bond donors (Lipinski definition) is 1. The van der Waals surface area contributed by atoms with Gasteiger partial charge in [-0.15, -0.1) is 0 Å². The third kappa shape index (κ3) is 2.80. The Morgan fingerprint density at radius 3 is 2.64 bits per heavy atom.